The Hall–Kier alpha value is -2.34. The molecule has 0 radical (unpaired) electrons. The molecule has 2 N–H and O–H groups in total. The molecule has 1 aliphatic heterocycles. The highest BCUT2D eigenvalue weighted by Crippen LogP contribution is 2.33. The number of amides is 4. The minimum absolute atomic E-state index is 0.0222. The van der Waals surface area contributed by atoms with Crippen LogP contribution in [0.15, 0.2) is 22.7 Å². The van der Waals surface area contributed by atoms with E-state index in [2.05, 4.69) is 32.6 Å². The van der Waals surface area contributed by atoms with Gasteiger partial charge in [-0.05, 0) is 37.3 Å². The Morgan fingerprint density at radius 2 is 2.10 bits per heavy atom. The predicted octanol–water partition coefficient (Wildman–Crippen LogP) is 3.21. The number of likely N-dealkylation sites (tertiary alicyclic amines) is 1. The van der Waals surface area contributed by atoms with Gasteiger partial charge in [0.1, 0.15) is 5.82 Å². The monoisotopic (exact) mass is 465 g/mol. The number of hydrogen-bond acceptors (Lipinski definition) is 3. The summed E-state index contributed by atoms with van der Waals surface area (Å²) in [7, 11) is 1.57. The van der Waals surface area contributed by atoms with Crippen LogP contribution in [0.5, 0.6) is 0 Å². The van der Waals surface area contributed by atoms with E-state index in [1.807, 2.05) is 0 Å². The second kappa shape index (κ2) is 9.44. The Bertz CT molecular complexity index is 811. The summed E-state index contributed by atoms with van der Waals surface area (Å²) in [5.74, 6) is -0.357. The van der Waals surface area contributed by atoms with E-state index in [4.69, 9.17) is 5.26 Å². The van der Waals surface area contributed by atoms with Gasteiger partial charge < -0.3 is 20.4 Å². The van der Waals surface area contributed by atoms with E-state index in [1.165, 1.54) is 6.07 Å². The van der Waals surface area contributed by atoms with Crippen LogP contribution in [0.4, 0.5) is 14.0 Å². The summed E-state index contributed by atoms with van der Waals surface area (Å²) < 4.78 is 14.7. The van der Waals surface area contributed by atoms with Gasteiger partial charge in [0.05, 0.1) is 12.1 Å². The highest BCUT2D eigenvalue weighted by molar-refractivity contribution is 9.10. The molecule has 0 bridgehead atoms. The molecule has 0 spiro atoms. The first-order chi connectivity index (χ1) is 13.9. The maximum Gasteiger partial charge on any atom is 0.318 e. The molecule has 7 nitrogen and oxygen atoms in total. The maximum atomic E-state index is 14.1. The molecule has 1 saturated carbocycles. The van der Waals surface area contributed by atoms with Crippen LogP contribution in [0.2, 0.25) is 0 Å². The lowest BCUT2D eigenvalue weighted by Gasteiger charge is -2.42. The average Bonchev–Trinajstić information content (AvgIpc) is 3.52. The van der Waals surface area contributed by atoms with Crippen molar-refractivity contribution in [2.75, 3.05) is 20.1 Å². The van der Waals surface area contributed by atoms with Gasteiger partial charge in [-0.25, -0.2) is 14.0 Å². The van der Waals surface area contributed by atoms with Crippen LogP contribution >= 0.6 is 15.9 Å². The van der Waals surface area contributed by atoms with Gasteiger partial charge in [-0.1, -0.05) is 22.0 Å². The van der Waals surface area contributed by atoms with Crippen LogP contribution in [-0.4, -0.2) is 54.1 Å². The summed E-state index contributed by atoms with van der Waals surface area (Å²) in [5.41, 5.74) is 0.412. The van der Waals surface area contributed by atoms with Gasteiger partial charge in [0.15, 0.2) is 0 Å². The molecule has 1 aliphatic carbocycles. The van der Waals surface area contributed by atoms with Crippen LogP contribution in [-0.2, 0) is 6.54 Å². The lowest BCUT2D eigenvalue weighted by atomic mass is 9.91. The van der Waals surface area contributed by atoms with Gasteiger partial charge in [-0.3, -0.25) is 0 Å². The Kier molecular flexibility index (Phi) is 6.96. The van der Waals surface area contributed by atoms with E-state index in [9.17, 15) is 14.0 Å². The summed E-state index contributed by atoms with van der Waals surface area (Å²) in [4.78, 5) is 28.6. The summed E-state index contributed by atoms with van der Waals surface area (Å²) in [5, 5.41) is 14.6. The van der Waals surface area contributed by atoms with E-state index >= 15 is 0 Å². The number of nitriles is 1. The van der Waals surface area contributed by atoms with Gasteiger partial charge in [0, 0.05) is 49.2 Å². The second-order valence-corrected chi connectivity index (χ2v) is 8.53. The normalized spacial score (nSPS) is 21.2. The van der Waals surface area contributed by atoms with Gasteiger partial charge >= 0.3 is 12.1 Å². The quantitative estimate of drug-likeness (QED) is 0.699. The van der Waals surface area contributed by atoms with E-state index in [0.717, 1.165) is 12.8 Å². The minimum Gasteiger partial charge on any atom is -0.341 e. The van der Waals surface area contributed by atoms with Gasteiger partial charge in [0.2, 0.25) is 0 Å². The molecule has 3 rings (SSSR count). The molecule has 4 amide bonds. The number of rotatable bonds is 5. The van der Waals surface area contributed by atoms with Crippen molar-refractivity contribution in [3.05, 3.63) is 34.1 Å². The Morgan fingerprint density at radius 3 is 2.72 bits per heavy atom. The van der Waals surface area contributed by atoms with Crippen LogP contribution in [0, 0.1) is 23.1 Å². The zero-order valence-electron chi connectivity index (χ0n) is 16.3. The molecule has 0 aromatic heterocycles. The van der Waals surface area contributed by atoms with Gasteiger partial charge in [0.25, 0.3) is 0 Å². The lowest BCUT2D eigenvalue weighted by molar-refractivity contribution is 0.0921. The molecule has 1 aromatic rings. The number of nitrogens with one attached hydrogen (secondary N) is 2. The molecular weight excluding hydrogens is 441 g/mol. The van der Waals surface area contributed by atoms with Gasteiger partial charge in [-0.2, -0.15) is 5.26 Å². The molecule has 1 aromatic carbocycles. The van der Waals surface area contributed by atoms with Crippen molar-refractivity contribution in [2.45, 2.75) is 44.3 Å². The molecule has 2 aliphatic rings. The van der Waals surface area contributed by atoms with Crippen LogP contribution < -0.4 is 10.6 Å². The van der Waals surface area contributed by atoms with Crippen LogP contribution in [0.3, 0.4) is 0 Å². The number of hydrogen-bond donors (Lipinski definition) is 2. The van der Waals surface area contributed by atoms with Crippen molar-refractivity contribution in [3.63, 3.8) is 0 Å². The average molecular weight is 466 g/mol. The predicted molar refractivity (Wildman–Crippen MR) is 109 cm³/mol. The van der Waals surface area contributed by atoms with Crippen LogP contribution in [0.1, 0.15) is 31.2 Å². The summed E-state index contributed by atoms with van der Waals surface area (Å²) >= 11 is 3.22. The topological polar surface area (TPSA) is 88.5 Å². The fourth-order valence-electron chi connectivity index (χ4n) is 3.89. The first-order valence-electron chi connectivity index (χ1n) is 9.76. The smallest absolute Gasteiger partial charge is 0.318 e. The molecule has 156 valence electrons. The largest absolute Gasteiger partial charge is 0.341 e. The molecule has 0 unspecified atom stereocenters. The van der Waals surface area contributed by atoms with E-state index in [-0.39, 0.29) is 42.4 Å². The number of carbonyl (C=O) groups excluding carboxylic acids is 2. The zero-order valence-corrected chi connectivity index (χ0v) is 17.9. The summed E-state index contributed by atoms with van der Waals surface area (Å²) in [6, 6.07) is 6.43. The van der Waals surface area contributed by atoms with Crippen molar-refractivity contribution >= 4 is 28.0 Å². The molecule has 2 fully saturated rings. The van der Waals surface area contributed by atoms with Crippen LogP contribution in [0.25, 0.3) is 0 Å². The molecule has 2 atom stereocenters. The highest BCUT2D eigenvalue weighted by atomic mass is 79.9. The zero-order chi connectivity index (χ0) is 21.0. The highest BCUT2D eigenvalue weighted by Gasteiger charge is 2.41. The first kappa shape index (κ1) is 21.4. The Morgan fingerprint density at radius 1 is 1.34 bits per heavy atom. The van der Waals surface area contributed by atoms with Crippen molar-refractivity contribution in [1.82, 2.24) is 20.4 Å². The summed E-state index contributed by atoms with van der Waals surface area (Å²) in [6.07, 6.45) is 2.85. The fourth-order valence-corrected chi connectivity index (χ4v) is 4.22. The number of halogens is 2. The number of urea groups is 2. The number of carbonyl (C=O) groups is 2. The molecule has 1 heterocycles. The third-order valence-corrected chi connectivity index (χ3v) is 5.90. The van der Waals surface area contributed by atoms with Crippen molar-refractivity contribution in [1.29, 1.82) is 5.26 Å². The Labute approximate surface area is 178 Å². The Balaban J connectivity index is 1.71. The molecular formula is C20H25BrFN5O2. The first-order valence-corrected chi connectivity index (χ1v) is 10.6. The minimum atomic E-state index is -0.379. The lowest BCUT2D eigenvalue weighted by Crippen LogP contribution is -2.58. The number of nitrogens with zero attached hydrogens (tertiary/aromatic N) is 3. The third-order valence-electron chi connectivity index (χ3n) is 5.41. The molecule has 9 heteroatoms. The standard InChI is InChI=1S/C20H25BrFN5O2/c1-24-19(28)26-11-13(6-7-23)8-17(12-26)27(16-4-5-16)20(29)25-10-14-2-3-15(21)9-18(14)22/h2-3,9,13,16-17H,4-6,8,10-12H2,1H3,(H,24,28)(H,25,29)/t13-,17+/m0/s1. The van der Waals surface area contributed by atoms with E-state index < -0.39 is 0 Å². The number of benzene rings is 1. The fraction of sp³-hybridized carbons (Fsp3) is 0.550. The molecule has 1 saturated heterocycles. The second-order valence-electron chi connectivity index (χ2n) is 7.61. The third kappa shape index (κ3) is 5.38. The van der Waals surface area contributed by atoms with Crippen molar-refractivity contribution < 1.29 is 14.0 Å². The summed E-state index contributed by atoms with van der Waals surface area (Å²) in [6.45, 7) is 1.03. The number of piperidine rings is 1. The maximum absolute atomic E-state index is 14.1. The van der Waals surface area contributed by atoms with E-state index in [0.29, 0.717) is 36.0 Å². The SMILES string of the molecule is CNC(=O)N1C[C@@H](CC#N)C[C@@H](N(C(=O)NCc2ccc(Br)cc2F)C2CC2)C1. The van der Waals surface area contributed by atoms with E-state index in [1.54, 1.807) is 29.0 Å². The molecule has 29 heavy (non-hydrogen) atoms. The van der Waals surface area contributed by atoms with Gasteiger partial charge in [-0.15, -0.1) is 0 Å². The van der Waals surface area contributed by atoms with Crippen molar-refractivity contribution in [3.8, 4) is 6.07 Å². The van der Waals surface area contributed by atoms with Crippen molar-refractivity contribution in [2.24, 2.45) is 5.92 Å².